The van der Waals surface area contributed by atoms with Crippen molar-refractivity contribution in [3.63, 3.8) is 0 Å². The zero-order valence-electron chi connectivity index (χ0n) is 7.55. The zero-order chi connectivity index (χ0) is 8.84. The van der Waals surface area contributed by atoms with Crippen molar-refractivity contribution in [1.82, 2.24) is 15.1 Å². The summed E-state index contributed by atoms with van der Waals surface area (Å²) in [5.41, 5.74) is 1.23. The van der Waals surface area contributed by atoms with E-state index in [9.17, 15) is 4.79 Å². The number of nitrogens with one attached hydrogen (secondary N) is 1. The Labute approximate surface area is 77.2 Å². The highest BCUT2D eigenvalue weighted by atomic mass is 16.2. The molecule has 3 rings (SSSR count). The summed E-state index contributed by atoms with van der Waals surface area (Å²) in [6.07, 6.45) is 2.19. The van der Waals surface area contributed by atoms with Crippen LogP contribution >= 0.6 is 0 Å². The van der Waals surface area contributed by atoms with E-state index in [4.69, 9.17) is 0 Å². The maximum absolute atomic E-state index is 11.6. The van der Waals surface area contributed by atoms with Crippen LogP contribution in [0.2, 0.25) is 0 Å². The van der Waals surface area contributed by atoms with Crippen molar-refractivity contribution < 1.29 is 4.79 Å². The smallest absolute Gasteiger partial charge is 0.246 e. The van der Waals surface area contributed by atoms with Crippen LogP contribution in [0.4, 0.5) is 0 Å². The monoisotopic (exact) mass is 179 g/mol. The van der Waals surface area contributed by atoms with Crippen LogP contribution in [0.15, 0.2) is 11.5 Å². The Morgan fingerprint density at radius 2 is 2.23 bits per heavy atom. The second kappa shape index (κ2) is 2.40. The van der Waals surface area contributed by atoms with Gasteiger partial charge in [0.1, 0.15) is 5.82 Å². The molecule has 2 saturated heterocycles. The second-order valence-electron chi connectivity index (χ2n) is 3.79. The molecule has 2 fully saturated rings. The molecule has 1 N–H and O–H groups in total. The molecule has 0 aromatic rings. The molecule has 4 heteroatoms. The first-order valence-corrected chi connectivity index (χ1v) is 4.88. The summed E-state index contributed by atoms with van der Waals surface area (Å²) in [6, 6.07) is 0. The van der Waals surface area contributed by atoms with Crippen molar-refractivity contribution in [3.8, 4) is 0 Å². The van der Waals surface area contributed by atoms with E-state index in [1.807, 2.05) is 4.90 Å². The predicted octanol–water partition coefficient (Wildman–Crippen LogP) is -0.303. The minimum Gasteiger partial charge on any atom is -0.368 e. The van der Waals surface area contributed by atoms with Gasteiger partial charge >= 0.3 is 0 Å². The maximum atomic E-state index is 11.6. The fourth-order valence-corrected chi connectivity index (χ4v) is 2.42. The number of allylic oxidation sites excluding steroid dienone is 1. The average Bonchev–Trinajstić information content (AvgIpc) is 2.66. The minimum atomic E-state index is 0.278. The van der Waals surface area contributed by atoms with E-state index in [1.54, 1.807) is 0 Å². The molecule has 0 unspecified atom stereocenters. The molecule has 3 heterocycles. The number of nitrogens with zero attached hydrogens (tertiary/aromatic N) is 2. The van der Waals surface area contributed by atoms with E-state index in [0.717, 1.165) is 32.5 Å². The first kappa shape index (κ1) is 7.24. The molecule has 0 bridgehead atoms. The fraction of sp³-hybridized carbons (Fsp3) is 0.667. The number of carbonyl (C=O) groups excluding carboxylic acids is 1. The van der Waals surface area contributed by atoms with Crippen molar-refractivity contribution in [2.45, 2.75) is 12.8 Å². The lowest BCUT2D eigenvalue weighted by Gasteiger charge is -2.31. The van der Waals surface area contributed by atoms with Crippen LogP contribution in [-0.4, -0.2) is 41.9 Å². The number of fused-ring (bicyclic) bond motifs is 2. The maximum Gasteiger partial charge on any atom is 0.246 e. The Morgan fingerprint density at radius 1 is 1.31 bits per heavy atom. The highest BCUT2D eigenvalue weighted by Crippen LogP contribution is 2.30. The molecular formula is C9H13N3O. The third-order valence-corrected chi connectivity index (χ3v) is 3.01. The summed E-state index contributed by atoms with van der Waals surface area (Å²) in [5, 5.41) is 3.36. The first-order chi connectivity index (χ1) is 6.36. The number of carbonyl (C=O) groups is 1. The van der Waals surface area contributed by atoms with Gasteiger partial charge < -0.3 is 15.1 Å². The topological polar surface area (TPSA) is 35.6 Å². The van der Waals surface area contributed by atoms with E-state index >= 15 is 0 Å². The van der Waals surface area contributed by atoms with Gasteiger partial charge in [-0.3, -0.25) is 4.79 Å². The molecule has 0 aliphatic carbocycles. The molecular weight excluding hydrogens is 166 g/mol. The fourth-order valence-electron chi connectivity index (χ4n) is 2.42. The Bertz CT molecular complexity index is 297. The number of amides is 1. The number of hydrogen-bond acceptors (Lipinski definition) is 3. The van der Waals surface area contributed by atoms with Gasteiger partial charge in [0, 0.05) is 19.6 Å². The molecule has 4 nitrogen and oxygen atoms in total. The van der Waals surface area contributed by atoms with E-state index in [2.05, 4.69) is 10.2 Å². The molecule has 3 aliphatic heterocycles. The lowest BCUT2D eigenvalue weighted by Crippen LogP contribution is -2.43. The van der Waals surface area contributed by atoms with Crippen molar-refractivity contribution in [2.24, 2.45) is 0 Å². The molecule has 0 radical (unpaired) electrons. The van der Waals surface area contributed by atoms with E-state index in [1.165, 1.54) is 11.5 Å². The molecule has 0 aromatic carbocycles. The third-order valence-electron chi connectivity index (χ3n) is 3.01. The largest absolute Gasteiger partial charge is 0.368 e. The minimum absolute atomic E-state index is 0.278. The molecule has 70 valence electrons. The van der Waals surface area contributed by atoms with Crippen molar-refractivity contribution in [3.05, 3.63) is 11.5 Å². The average molecular weight is 179 g/mol. The quantitative estimate of drug-likeness (QED) is 0.554. The Morgan fingerprint density at radius 3 is 3.15 bits per heavy atom. The molecule has 13 heavy (non-hydrogen) atoms. The van der Waals surface area contributed by atoms with Crippen molar-refractivity contribution in [2.75, 3.05) is 26.2 Å². The van der Waals surface area contributed by atoms with Gasteiger partial charge in [-0.2, -0.15) is 0 Å². The summed E-state index contributed by atoms with van der Waals surface area (Å²) in [7, 11) is 0. The Kier molecular flexibility index (Phi) is 1.34. The van der Waals surface area contributed by atoms with Gasteiger partial charge in [-0.25, -0.2) is 0 Å². The van der Waals surface area contributed by atoms with E-state index < -0.39 is 0 Å². The third kappa shape index (κ3) is 0.884. The van der Waals surface area contributed by atoms with Crippen LogP contribution in [0.25, 0.3) is 0 Å². The predicted molar refractivity (Wildman–Crippen MR) is 47.5 cm³/mol. The normalized spacial score (nSPS) is 26.3. The summed E-state index contributed by atoms with van der Waals surface area (Å²) in [4.78, 5) is 15.8. The molecule has 0 atom stereocenters. The van der Waals surface area contributed by atoms with Crippen LogP contribution in [0, 0.1) is 0 Å². The standard InChI is InChI=1S/C9H13N3O/c13-8-6-11-5-3-10-9(11)7-2-1-4-12(7)8/h10H,1-6H2. The highest BCUT2D eigenvalue weighted by molar-refractivity contribution is 5.82. The van der Waals surface area contributed by atoms with Crippen molar-refractivity contribution in [1.29, 1.82) is 0 Å². The molecule has 1 amide bonds. The van der Waals surface area contributed by atoms with Gasteiger partial charge in [-0.15, -0.1) is 0 Å². The summed E-state index contributed by atoms with van der Waals surface area (Å²) >= 11 is 0. The Hall–Kier alpha value is -1.19. The molecule has 0 spiro atoms. The van der Waals surface area contributed by atoms with Gasteiger partial charge in [0.25, 0.3) is 0 Å². The lowest BCUT2D eigenvalue weighted by atomic mass is 10.2. The molecule has 3 aliphatic rings. The molecule has 0 aromatic heterocycles. The van der Waals surface area contributed by atoms with Gasteiger partial charge in [0.2, 0.25) is 5.91 Å². The van der Waals surface area contributed by atoms with Crippen molar-refractivity contribution >= 4 is 5.91 Å². The summed E-state index contributed by atoms with van der Waals surface area (Å²) in [6.45, 7) is 3.47. The zero-order valence-corrected chi connectivity index (χ0v) is 7.55. The van der Waals surface area contributed by atoms with Crippen LogP contribution in [0.3, 0.4) is 0 Å². The van der Waals surface area contributed by atoms with Gasteiger partial charge in [-0.1, -0.05) is 0 Å². The summed E-state index contributed by atoms with van der Waals surface area (Å²) in [5.74, 6) is 1.50. The van der Waals surface area contributed by atoms with Crippen LogP contribution in [0.1, 0.15) is 12.8 Å². The number of rotatable bonds is 0. The number of hydrogen-bond donors (Lipinski definition) is 1. The van der Waals surface area contributed by atoms with Gasteiger partial charge in [0.05, 0.1) is 12.2 Å². The highest BCUT2D eigenvalue weighted by Gasteiger charge is 2.36. The Balaban J connectivity index is 2.05. The summed E-state index contributed by atoms with van der Waals surface area (Å²) < 4.78 is 0. The van der Waals surface area contributed by atoms with Gasteiger partial charge in [0.15, 0.2) is 0 Å². The van der Waals surface area contributed by atoms with Crippen LogP contribution in [0.5, 0.6) is 0 Å². The van der Waals surface area contributed by atoms with E-state index in [-0.39, 0.29) is 5.91 Å². The second-order valence-corrected chi connectivity index (χ2v) is 3.79. The van der Waals surface area contributed by atoms with Crippen LogP contribution < -0.4 is 5.32 Å². The van der Waals surface area contributed by atoms with Gasteiger partial charge in [-0.05, 0) is 12.8 Å². The van der Waals surface area contributed by atoms with Crippen LogP contribution in [-0.2, 0) is 4.79 Å². The lowest BCUT2D eigenvalue weighted by molar-refractivity contribution is -0.130. The van der Waals surface area contributed by atoms with E-state index in [0.29, 0.717) is 6.54 Å². The first-order valence-electron chi connectivity index (χ1n) is 4.88. The SMILES string of the molecule is O=C1CN2CCNC2=C2CCCN12. The molecule has 0 saturated carbocycles.